The average Bonchev–Trinajstić information content (AvgIpc) is 2.48. The number of fused-ring (bicyclic) bond motifs is 1. The lowest BCUT2D eigenvalue weighted by molar-refractivity contribution is 0.0988. The van der Waals surface area contributed by atoms with Crippen LogP contribution in [0.15, 0.2) is 65.3 Å². The molecule has 0 aliphatic rings. The van der Waals surface area contributed by atoms with E-state index in [4.69, 9.17) is 0 Å². The second kappa shape index (κ2) is 5.55. The van der Waals surface area contributed by atoms with E-state index in [1.807, 2.05) is 36.4 Å². The molecule has 2 aromatic carbocycles. The molecule has 20 heavy (non-hydrogen) atoms. The highest BCUT2D eigenvalue weighted by atomic mass is 79.9. The summed E-state index contributed by atoms with van der Waals surface area (Å²) >= 11 is 3.38. The van der Waals surface area contributed by atoms with Crippen LogP contribution in [0.1, 0.15) is 16.1 Å². The van der Waals surface area contributed by atoms with Crippen LogP contribution in [-0.2, 0) is 6.42 Å². The maximum atomic E-state index is 12.4. The van der Waals surface area contributed by atoms with Gasteiger partial charge in [-0.1, -0.05) is 42.5 Å². The van der Waals surface area contributed by atoms with Crippen LogP contribution in [0.25, 0.3) is 10.8 Å². The zero-order valence-electron chi connectivity index (χ0n) is 10.7. The normalized spacial score (nSPS) is 10.7. The van der Waals surface area contributed by atoms with E-state index in [-0.39, 0.29) is 5.78 Å². The van der Waals surface area contributed by atoms with Crippen molar-refractivity contribution >= 4 is 32.5 Å². The summed E-state index contributed by atoms with van der Waals surface area (Å²) in [6, 6.07) is 17.8. The van der Waals surface area contributed by atoms with Gasteiger partial charge in [-0.3, -0.25) is 9.78 Å². The molecule has 3 heteroatoms. The van der Waals surface area contributed by atoms with E-state index in [9.17, 15) is 4.79 Å². The summed E-state index contributed by atoms with van der Waals surface area (Å²) in [5.74, 6) is 0.0221. The van der Waals surface area contributed by atoms with Gasteiger partial charge >= 0.3 is 0 Å². The predicted molar refractivity (Wildman–Crippen MR) is 83.9 cm³/mol. The van der Waals surface area contributed by atoms with Crippen LogP contribution in [0.2, 0.25) is 0 Å². The Kier molecular flexibility index (Phi) is 3.61. The molecule has 1 aromatic heterocycles. The van der Waals surface area contributed by atoms with Gasteiger partial charge in [0.2, 0.25) is 0 Å². The van der Waals surface area contributed by atoms with Crippen molar-refractivity contribution in [3.63, 3.8) is 0 Å². The lowest BCUT2D eigenvalue weighted by atomic mass is 9.99. The summed E-state index contributed by atoms with van der Waals surface area (Å²) in [6.07, 6.45) is 2.00. The summed E-state index contributed by atoms with van der Waals surface area (Å²) in [4.78, 5) is 16.5. The van der Waals surface area contributed by atoms with E-state index in [2.05, 4.69) is 33.0 Å². The van der Waals surface area contributed by atoms with Crippen LogP contribution in [-0.4, -0.2) is 10.8 Å². The Morgan fingerprint density at radius 3 is 2.65 bits per heavy atom. The zero-order valence-corrected chi connectivity index (χ0v) is 12.3. The number of pyridine rings is 1. The number of hydrogen-bond acceptors (Lipinski definition) is 2. The number of benzene rings is 2. The molecule has 0 unspecified atom stereocenters. The van der Waals surface area contributed by atoms with Crippen LogP contribution in [0, 0.1) is 0 Å². The topological polar surface area (TPSA) is 30.0 Å². The quantitative estimate of drug-likeness (QED) is 0.667. The third-order valence-corrected chi connectivity index (χ3v) is 3.89. The molecule has 0 atom stereocenters. The number of ketones is 1. The number of aromatic nitrogens is 1. The third kappa shape index (κ3) is 2.49. The molecule has 0 bridgehead atoms. The molecule has 0 aliphatic heterocycles. The summed E-state index contributed by atoms with van der Waals surface area (Å²) in [5.41, 5.74) is 1.52. The van der Waals surface area contributed by atoms with Crippen molar-refractivity contribution in [2.45, 2.75) is 6.42 Å². The van der Waals surface area contributed by atoms with E-state index in [1.54, 1.807) is 12.3 Å². The van der Waals surface area contributed by atoms with Crippen molar-refractivity contribution in [3.05, 3.63) is 76.5 Å². The minimum absolute atomic E-state index is 0.0221. The molecule has 0 N–H and O–H groups in total. The van der Waals surface area contributed by atoms with Crippen molar-refractivity contribution in [3.8, 4) is 0 Å². The fourth-order valence-electron chi connectivity index (χ4n) is 2.29. The molecule has 0 fully saturated rings. The van der Waals surface area contributed by atoms with E-state index in [0.29, 0.717) is 12.1 Å². The van der Waals surface area contributed by atoms with Gasteiger partial charge in [0.25, 0.3) is 0 Å². The second-order valence-electron chi connectivity index (χ2n) is 4.57. The SMILES string of the molecule is O=C(Cc1cccc2ccccc12)c1ncccc1Br. The Morgan fingerprint density at radius 1 is 1.00 bits per heavy atom. The first-order valence-electron chi connectivity index (χ1n) is 6.36. The number of hydrogen-bond donors (Lipinski definition) is 0. The Hall–Kier alpha value is -2.00. The minimum Gasteiger partial charge on any atom is -0.292 e. The molecule has 0 aliphatic carbocycles. The van der Waals surface area contributed by atoms with Gasteiger partial charge in [-0.2, -0.15) is 0 Å². The highest BCUT2D eigenvalue weighted by Crippen LogP contribution is 2.21. The Labute approximate surface area is 125 Å². The predicted octanol–water partition coefficient (Wildman–Crippen LogP) is 4.42. The largest absolute Gasteiger partial charge is 0.292 e. The first kappa shape index (κ1) is 13.0. The van der Waals surface area contributed by atoms with Crippen LogP contribution in [0.4, 0.5) is 0 Å². The average molecular weight is 326 g/mol. The fourth-order valence-corrected chi connectivity index (χ4v) is 2.77. The van der Waals surface area contributed by atoms with Crippen LogP contribution >= 0.6 is 15.9 Å². The molecule has 0 saturated heterocycles. The molecule has 98 valence electrons. The molecule has 2 nitrogen and oxygen atoms in total. The van der Waals surface area contributed by atoms with E-state index >= 15 is 0 Å². The van der Waals surface area contributed by atoms with Crippen molar-refractivity contribution in [2.75, 3.05) is 0 Å². The van der Waals surface area contributed by atoms with Gasteiger partial charge in [-0.25, -0.2) is 0 Å². The van der Waals surface area contributed by atoms with E-state index in [1.165, 1.54) is 0 Å². The molecule has 1 heterocycles. The van der Waals surface area contributed by atoms with Gasteiger partial charge in [0.1, 0.15) is 5.69 Å². The van der Waals surface area contributed by atoms with Gasteiger partial charge < -0.3 is 0 Å². The van der Waals surface area contributed by atoms with Crippen LogP contribution in [0.5, 0.6) is 0 Å². The first-order chi connectivity index (χ1) is 9.75. The van der Waals surface area contributed by atoms with E-state index < -0.39 is 0 Å². The Balaban J connectivity index is 1.98. The minimum atomic E-state index is 0.0221. The summed E-state index contributed by atoms with van der Waals surface area (Å²) < 4.78 is 0.741. The number of halogens is 1. The summed E-state index contributed by atoms with van der Waals surface area (Å²) in [7, 11) is 0. The second-order valence-corrected chi connectivity index (χ2v) is 5.43. The first-order valence-corrected chi connectivity index (χ1v) is 7.15. The number of Topliss-reactive ketones (excluding diaryl/α,β-unsaturated/α-hetero) is 1. The van der Waals surface area contributed by atoms with Crippen molar-refractivity contribution in [1.82, 2.24) is 4.98 Å². The van der Waals surface area contributed by atoms with Gasteiger partial charge in [0.15, 0.2) is 5.78 Å². The van der Waals surface area contributed by atoms with Crippen LogP contribution < -0.4 is 0 Å². The molecule has 3 aromatic rings. The highest BCUT2D eigenvalue weighted by Gasteiger charge is 2.13. The molecular weight excluding hydrogens is 314 g/mol. The van der Waals surface area contributed by atoms with Gasteiger partial charge in [0.05, 0.1) is 0 Å². The summed E-state index contributed by atoms with van der Waals surface area (Å²) in [6.45, 7) is 0. The number of carbonyl (C=O) groups is 1. The molecule has 0 radical (unpaired) electrons. The zero-order chi connectivity index (χ0) is 13.9. The molecular formula is C17H12BrNO. The van der Waals surface area contributed by atoms with Crippen LogP contribution in [0.3, 0.4) is 0 Å². The number of nitrogens with zero attached hydrogens (tertiary/aromatic N) is 1. The van der Waals surface area contributed by atoms with Gasteiger partial charge in [-0.15, -0.1) is 0 Å². The molecule has 3 rings (SSSR count). The Morgan fingerprint density at radius 2 is 1.80 bits per heavy atom. The fraction of sp³-hybridized carbons (Fsp3) is 0.0588. The summed E-state index contributed by atoms with van der Waals surface area (Å²) in [5, 5.41) is 2.27. The smallest absolute Gasteiger partial charge is 0.186 e. The van der Waals surface area contributed by atoms with Gasteiger partial charge in [-0.05, 0) is 44.4 Å². The highest BCUT2D eigenvalue weighted by molar-refractivity contribution is 9.10. The molecule has 0 spiro atoms. The standard InChI is InChI=1S/C17H12BrNO/c18-15-9-4-10-19-17(15)16(20)11-13-7-3-6-12-5-1-2-8-14(12)13/h1-10H,11H2. The molecule has 0 saturated carbocycles. The lowest BCUT2D eigenvalue weighted by Gasteiger charge is -2.06. The number of rotatable bonds is 3. The lowest BCUT2D eigenvalue weighted by Crippen LogP contribution is -2.07. The van der Waals surface area contributed by atoms with Crippen molar-refractivity contribution < 1.29 is 4.79 Å². The third-order valence-electron chi connectivity index (χ3n) is 3.25. The Bertz CT molecular complexity index is 777. The maximum absolute atomic E-state index is 12.4. The van der Waals surface area contributed by atoms with Crippen molar-refractivity contribution in [1.29, 1.82) is 0 Å². The van der Waals surface area contributed by atoms with Crippen molar-refractivity contribution in [2.24, 2.45) is 0 Å². The van der Waals surface area contributed by atoms with E-state index in [0.717, 1.165) is 20.8 Å². The number of carbonyl (C=O) groups excluding carboxylic acids is 1. The van der Waals surface area contributed by atoms with Gasteiger partial charge in [0, 0.05) is 17.1 Å². The monoisotopic (exact) mass is 325 g/mol. The molecule has 0 amide bonds. The maximum Gasteiger partial charge on any atom is 0.186 e.